The number of hydrogen-bond donors (Lipinski definition) is 3. The van der Waals surface area contributed by atoms with Gasteiger partial charge in [-0.15, -0.1) is 0 Å². The minimum absolute atomic E-state index is 0.0824. The maximum absolute atomic E-state index is 13.4. The molecule has 2 aromatic rings. The molecule has 0 aromatic heterocycles. The topological polar surface area (TPSA) is 101 Å². The van der Waals surface area contributed by atoms with Gasteiger partial charge in [-0.3, -0.25) is 14.4 Å². The van der Waals surface area contributed by atoms with Gasteiger partial charge < -0.3 is 16.4 Å². The lowest BCUT2D eigenvalue weighted by Crippen LogP contribution is -2.54. The average Bonchev–Trinajstić information content (AvgIpc) is 2.60. The van der Waals surface area contributed by atoms with E-state index in [1.54, 1.807) is 6.07 Å². The second-order valence-electron chi connectivity index (χ2n) is 6.74. The molecule has 148 valence electrons. The molecule has 3 amide bonds. The number of benzene rings is 2. The second-order valence-corrected chi connectivity index (χ2v) is 6.74. The number of nitrogens with one attached hydrogen (secondary N) is 2. The molecular formula is C21H24FN3O3. The molecule has 0 unspecified atom stereocenters. The number of halogens is 1. The third-order valence-electron chi connectivity index (χ3n) is 4.21. The largest absolute Gasteiger partial charge is 0.368 e. The Morgan fingerprint density at radius 3 is 2.14 bits per heavy atom. The van der Waals surface area contributed by atoms with Gasteiger partial charge in [-0.05, 0) is 30.2 Å². The van der Waals surface area contributed by atoms with Gasteiger partial charge >= 0.3 is 0 Å². The summed E-state index contributed by atoms with van der Waals surface area (Å²) in [6, 6.07) is 11.4. The van der Waals surface area contributed by atoms with Crippen molar-refractivity contribution >= 4 is 17.7 Å². The van der Waals surface area contributed by atoms with Crippen molar-refractivity contribution in [2.75, 3.05) is 0 Å². The zero-order chi connectivity index (χ0) is 20.7. The normalized spacial score (nSPS) is 12.7. The van der Waals surface area contributed by atoms with E-state index in [2.05, 4.69) is 10.6 Å². The zero-order valence-electron chi connectivity index (χ0n) is 15.9. The van der Waals surface area contributed by atoms with E-state index in [1.165, 1.54) is 25.1 Å². The predicted molar refractivity (Wildman–Crippen MR) is 104 cm³/mol. The standard InChI is InChI=1S/C21H24FN3O3/c1-13-5-3-6-15(9-13)11-18(20(23)27)25-21(28)19(24-14(2)26)12-16-7-4-8-17(22)10-16/h3-10,18-19H,11-12H2,1-2H3,(H2,23,27)(H,24,26)(H,25,28)/t18-,19+/m0/s1. The molecular weight excluding hydrogens is 361 g/mol. The minimum Gasteiger partial charge on any atom is -0.368 e. The fourth-order valence-corrected chi connectivity index (χ4v) is 2.92. The molecule has 0 saturated heterocycles. The third kappa shape index (κ3) is 6.50. The number of nitrogens with two attached hydrogens (primary N) is 1. The lowest BCUT2D eigenvalue weighted by atomic mass is 10.0. The van der Waals surface area contributed by atoms with Gasteiger partial charge in [0.2, 0.25) is 17.7 Å². The molecule has 0 aliphatic heterocycles. The van der Waals surface area contributed by atoms with Crippen LogP contribution in [0.15, 0.2) is 48.5 Å². The Morgan fingerprint density at radius 1 is 0.964 bits per heavy atom. The van der Waals surface area contributed by atoms with Gasteiger partial charge in [0, 0.05) is 19.8 Å². The fourth-order valence-electron chi connectivity index (χ4n) is 2.92. The highest BCUT2D eigenvalue weighted by atomic mass is 19.1. The van der Waals surface area contributed by atoms with Crippen molar-refractivity contribution < 1.29 is 18.8 Å². The molecule has 0 saturated carbocycles. The Bertz CT molecular complexity index is 869. The highest BCUT2D eigenvalue weighted by Crippen LogP contribution is 2.09. The maximum atomic E-state index is 13.4. The second kappa shape index (κ2) is 9.64. The molecule has 28 heavy (non-hydrogen) atoms. The summed E-state index contributed by atoms with van der Waals surface area (Å²) in [7, 11) is 0. The molecule has 2 aromatic carbocycles. The zero-order valence-corrected chi connectivity index (χ0v) is 15.9. The number of rotatable bonds is 8. The van der Waals surface area contributed by atoms with Crippen LogP contribution in [0.5, 0.6) is 0 Å². The lowest BCUT2D eigenvalue weighted by Gasteiger charge is -2.22. The van der Waals surface area contributed by atoms with E-state index in [0.717, 1.165) is 11.1 Å². The molecule has 0 aliphatic rings. The minimum atomic E-state index is -0.960. The summed E-state index contributed by atoms with van der Waals surface area (Å²) in [5.41, 5.74) is 7.87. The van der Waals surface area contributed by atoms with E-state index < -0.39 is 35.6 Å². The molecule has 0 aliphatic carbocycles. The number of aryl methyl sites for hydroxylation is 1. The van der Waals surface area contributed by atoms with Crippen LogP contribution in [0.3, 0.4) is 0 Å². The van der Waals surface area contributed by atoms with Gasteiger partial charge in [-0.2, -0.15) is 0 Å². The number of primary amides is 1. The van der Waals surface area contributed by atoms with Crippen molar-refractivity contribution in [2.24, 2.45) is 5.73 Å². The summed E-state index contributed by atoms with van der Waals surface area (Å²) in [6.45, 7) is 3.21. The van der Waals surface area contributed by atoms with Crippen molar-refractivity contribution in [3.63, 3.8) is 0 Å². The van der Waals surface area contributed by atoms with E-state index in [0.29, 0.717) is 5.56 Å². The summed E-state index contributed by atoms with van der Waals surface area (Å²) in [4.78, 5) is 36.1. The van der Waals surface area contributed by atoms with Gasteiger partial charge in [0.25, 0.3) is 0 Å². The molecule has 0 spiro atoms. The highest BCUT2D eigenvalue weighted by Gasteiger charge is 2.25. The molecule has 0 heterocycles. The molecule has 2 rings (SSSR count). The first-order valence-electron chi connectivity index (χ1n) is 8.91. The van der Waals surface area contributed by atoms with Crippen molar-refractivity contribution in [2.45, 2.75) is 38.8 Å². The van der Waals surface area contributed by atoms with Crippen LogP contribution in [-0.2, 0) is 27.2 Å². The third-order valence-corrected chi connectivity index (χ3v) is 4.21. The van der Waals surface area contributed by atoms with Crippen LogP contribution >= 0.6 is 0 Å². The van der Waals surface area contributed by atoms with Crippen LogP contribution in [0.4, 0.5) is 4.39 Å². The number of amides is 3. The van der Waals surface area contributed by atoms with E-state index in [-0.39, 0.29) is 12.8 Å². The molecule has 2 atom stereocenters. The van der Waals surface area contributed by atoms with Crippen molar-refractivity contribution in [3.05, 3.63) is 71.0 Å². The predicted octanol–water partition coefficient (Wildman–Crippen LogP) is 1.39. The van der Waals surface area contributed by atoms with Gasteiger partial charge in [0.05, 0.1) is 0 Å². The maximum Gasteiger partial charge on any atom is 0.243 e. The van der Waals surface area contributed by atoms with Crippen molar-refractivity contribution in [1.82, 2.24) is 10.6 Å². The monoisotopic (exact) mass is 385 g/mol. The Morgan fingerprint density at radius 2 is 1.57 bits per heavy atom. The van der Waals surface area contributed by atoms with E-state index in [1.807, 2.05) is 31.2 Å². The van der Waals surface area contributed by atoms with Crippen LogP contribution in [0.1, 0.15) is 23.6 Å². The molecule has 0 fully saturated rings. The number of carbonyl (C=O) groups excluding carboxylic acids is 3. The Hall–Kier alpha value is -3.22. The highest BCUT2D eigenvalue weighted by molar-refractivity contribution is 5.91. The van der Waals surface area contributed by atoms with Crippen LogP contribution in [0, 0.1) is 12.7 Å². The first kappa shape index (κ1) is 21.1. The molecule has 6 nitrogen and oxygen atoms in total. The summed E-state index contributed by atoms with van der Waals surface area (Å²) in [5.74, 6) is -2.09. The number of carbonyl (C=O) groups is 3. The van der Waals surface area contributed by atoms with Crippen LogP contribution < -0.4 is 16.4 Å². The summed E-state index contributed by atoms with van der Waals surface area (Å²) in [6.07, 6.45) is 0.314. The van der Waals surface area contributed by atoms with Gasteiger partial charge in [-0.25, -0.2) is 4.39 Å². The van der Waals surface area contributed by atoms with Crippen LogP contribution in [0.25, 0.3) is 0 Å². The summed E-state index contributed by atoms with van der Waals surface area (Å²) < 4.78 is 13.4. The quantitative estimate of drug-likeness (QED) is 0.640. The molecule has 4 N–H and O–H groups in total. The van der Waals surface area contributed by atoms with Crippen LogP contribution in [-0.4, -0.2) is 29.8 Å². The van der Waals surface area contributed by atoms with Crippen LogP contribution in [0.2, 0.25) is 0 Å². The first-order valence-corrected chi connectivity index (χ1v) is 8.91. The molecule has 7 heteroatoms. The van der Waals surface area contributed by atoms with E-state index in [4.69, 9.17) is 5.73 Å². The lowest BCUT2D eigenvalue weighted by molar-refractivity contribution is -0.130. The Labute approximate surface area is 163 Å². The van der Waals surface area contributed by atoms with Gasteiger partial charge in [0.15, 0.2) is 0 Å². The summed E-state index contributed by atoms with van der Waals surface area (Å²) >= 11 is 0. The van der Waals surface area contributed by atoms with E-state index in [9.17, 15) is 18.8 Å². The average molecular weight is 385 g/mol. The first-order chi connectivity index (χ1) is 13.2. The van der Waals surface area contributed by atoms with Gasteiger partial charge in [0.1, 0.15) is 17.9 Å². The van der Waals surface area contributed by atoms with Gasteiger partial charge in [-0.1, -0.05) is 42.0 Å². The molecule has 0 bridgehead atoms. The van der Waals surface area contributed by atoms with Crippen molar-refractivity contribution in [1.29, 1.82) is 0 Å². The fraction of sp³-hybridized carbons (Fsp3) is 0.286. The number of hydrogen-bond acceptors (Lipinski definition) is 3. The van der Waals surface area contributed by atoms with E-state index >= 15 is 0 Å². The summed E-state index contributed by atoms with van der Waals surface area (Å²) in [5, 5.41) is 5.14. The Kier molecular flexibility index (Phi) is 7.26. The van der Waals surface area contributed by atoms with Crippen molar-refractivity contribution in [3.8, 4) is 0 Å². The Balaban J connectivity index is 2.14. The molecule has 0 radical (unpaired) electrons. The smallest absolute Gasteiger partial charge is 0.243 e. The SMILES string of the molecule is CC(=O)N[C@H](Cc1cccc(F)c1)C(=O)N[C@@H](Cc1cccc(C)c1)C(N)=O.